The zero-order valence-electron chi connectivity index (χ0n) is 30.2. The third kappa shape index (κ3) is 8.04. The van der Waals surface area contributed by atoms with Gasteiger partial charge in [-0.2, -0.15) is 5.10 Å². The van der Waals surface area contributed by atoms with Gasteiger partial charge in [-0.15, -0.1) is 4.72 Å². The van der Waals surface area contributed by atoms with Gasteiger partial charge < -0.3 is 19.4 Å². The largest absolute Gasteiger partial charge is 0.598 e. The molecule has 5 rings (SSSR count). The van der Waals surface area contributed by atoms with Gasteiger partial charge >= 0.3 is 0 Å². The van der Waals surface area contributed by atoms with Crippen molar-refractivity contribution in [2.75, 3.05) is 13.1 Å². The Hall–Kier alpha value is -2.64. The van der Waals surface area contributed by atoms with E-state index in [2.05, 4.69) is 56.0 Å². The van der Waals surface area contributed by atoms with Gasteiger partial charge in [-0.3, -0.25) is 0 Å². The van der Waals surface area contributed by atoms with E-state index in [1.807, 2.05) is 75.0 Å². The summed E-state index contributed by atoms with van der Waals surface area (Å²) in [6.45, 7) is 21.3. The van der Waals surface area contributed by atoms with E-state index in [-0.39, 0.29) is 5.04 Å². The summed E-state index contributed by atoms with van der Waals surface area (Å²) in [4.78, 5) is 10.0. The summed E-state index contributed by atoms with van der Waals surface area (Å²) in [7, 11) is -1.94. The topological polar surface area (TPSA) is 120 Å². The van der Waals surface area contributed by atoms with Gasteiger partial charge in [0.2, 0.25) is 0 Å². The van der Waals surface area contributed by atoms with Crippen LogP contribution in [0.4, 0.5) is 0 Å². The van der Waals surface area contributed by atoms with Crippen molar-refractivity contribution >= 4 is 30.6 Å². The number of rotatable bonds is 11. The molecule has 1 aliphatic rings. The van der Waals surface area contributed by atoms with Gasteiger partial charge in [-0.05, 0) is 119 Å². The van der Waals surface area contributed by atoms with E-state index in [1.54, 1.807) is 0 Å². The quantitative estimate of drug-likeness (QED) is 0.0843. The maximum atomic E-state index is 13.1. The number of aromatic nitrogens is 4. The minimum atomic E-state index is -1.94. The van der Waals surface area contributed by atoms with E-state index in [4.69, 9.17) is 19.5 Å². The Bertz CT molecular complexity index is 1710. The zero-order valence-corrected chi connectivity index (χ0v) is 32.0. The molecule has 1 fully saturated rings. The maximum Gasteiger partial charge on any atom is 0.200 e. The highest BCUT2D eigenvalue weighted by molar-refractivity contribution is 7.90. The van der Waals surface area contributed by atoms with Crippen LogP contribution in [0.2, 0.25) is 18.1 Å². The smallest absolute Gasteiger partial charge is 0.200 e. The van der Waals surface area contributed by atoms with E-state index < -0.39 is 30.2 Å². The minimum Gasteiger partial charge on any atom is -0.598 e. The first-order chi connectivity index (χ1) is 22.5. The van der Waals surface area contributed by atoms with Crippen molar-refractivity contribution < 1.29 is 14.1 Å². The van der Waals surface area contributed by atoms with E-state index in [0.29, 0.717) is 31.1 Å². The fourth-order valence-electron chi connectivity index (χ4n) is 5.82. The molecule has 4 heterocycles. The molecule has 3 aromatic heterocycles. The number of benzene rings is 1. The third-order valence-corrected chi connectivity index (χ3v) is 15.9. The molecule has 48 heavy (non-hydrogen) atoms. The van der Waals surface area contributed by atoms with Gasteiger partial charge in [0, 0.05) is 22.3 Å². The number of nitrogens with zero attached hydrogens (tertiary/aromatic N) is 4. The number of fused-ring (bicyclic) bond motifs is 1. The minimum absolute atomic E-state index is 0.113. The Balaban J connectivity index is 1.58. The molecule has 0 bridgehead atoms. The average Bonchev–Trinajstić information content (AvgIpc) is 3.47. The Morgan fingerprint density at radius 1 is 1.04 bits per heavy atom. The fraction of sp³-hybridized carbons (Fsp3) is 0.541. The molecule has 2 atom stereocenters. The lowest BCUT2D eigenvalue weighted by molar-refractivity contribution is 0.0101. The summed E-state index contributed by atoms with van der Waals surface area (Å²) in [5.41, 5.74) is 3.67. The highest BCUT2D eigenvalue weighted by Crippen LogP contribution is 2.38. The number of hydrogen-bond acceptors (Lipinski definition) is 8. The molecule has 260 valence electrons. The van der Waals surface area contributed by atoms with Crippen LogP contribution in [-0.4, -0.2) is 55.6 Å². The molecule has 3 N–H and O–H groups in total. The van der Waals surface area contributed by atoms with Crippen molar-refractivity contribution in [2.24, 2.45) is 0 Å². The molecule has 9 nitrogen and oxygen atoms in total. The number of hydrogen-bond donors (Lipinski definition) is 3. The first kappa shape index (κ1) is 36.6. The predicted molar refractivity (Wildman–Crippen MR) is 199 cm³/mol. The summed E-state index contributed by atoms with van der Waals surface area (Å²) in [5, 5.41) is 21.4. The molecule has 4 aromatic rings. The van der Waals surface area contributed by atoms with Gasteiger partial charge in [0.05, 0.1) is 35.4 Å². The molecular formula is C37H54N6O3SSi. The second kappa shape index (κ2) is 14.3. The van der Waals surface area contributed by atoms with Crippen molar-refractivity contribution in [2.45, 2.75) is 115 Å². The third-order valence-electron chi connectivity index (χ3n) is 9.79. The van der Waals surface area contributed by atoms with Gasteiger partial charge in [-0.25, -0.2) is 14.6 Å². The lowest BCUT2D eigenvalue weighted by Gasteiger charge is -2.36. The number of pyridine rings is 2. The Labute approximate surface area is 290 Å². The summed E-state index contributed by atoms with van der Waals surface area (Å²) < 4.78 is 24.0. The van der Waals surface area contributed by atoms with Crippen LogP contribution in [0.5, 0.6) is 0 Å². The highest BCUT2D eigenvalue weighted by Gasteiger charge is 2.40. The van der Waals surface area contributed by atoms with Gasteiger partial charge in [0.1, 0.15) is 4.75 Å². The van der Waals surface area contributed by atoms with Crippen LogP contribution in [0.25, 0.3) is 28.0 Å². The van der Waals surface area contributed by atoms with Crippen LogP contribution in [0, 0.1) is 0 Å². The van der Waals surface area contributed by atoms with E-state index in [9.17, 15) is 9.66 Å². The van der Waals surface area contributed by atoms with Crippen molar-refractivity contribution in [3.63, 3.8) is 0 Å². The van der Waals surface area contributed by atoms with Crippen LogP contribution in [0.15, 0.2) is 54.7 Å². The number of piperidine rings is 1. The molecule has 1 aliphatic heterocycles. The molecule has 0 radical (unpaired) electrons. The van der Waals surface area contributed by atoms with E-state index in [1.165, 1.54) is 5.56 Å². The van der Waals surface area contributed by atoms with E-state index >= 15 is 0 Å². The van der Waals surface area contributed by atoms with Gasteiger partial charge in [-0.1, -0.05) is 46.2 Å². The fourth-order valence-corrected chi connectivity index (χ4v) is 7.58. The molecule has 1 aromatic carbocycles. The first-order valence-corrected chi connectivity index (χ1v) is 21.3. The van der Waals surface area contributed by atoms with Gasteiger partial charge in [0.25, 0.3) is 0 Å². The normalized spacial score (nSPS) is 17.1. The van der Waals surface area contributed by atoms with Crippen molar-refractivity contribution in [1.29, 1.82) is 0 Å². The van der Waals surface area contributed by atoms with Crippen LogP contribution < -0.4 is 10.0 Å². The molecule has 2 unspecified atom stereocenters. The van der Waals surface area contributed by atoms with Gasteiger partial charge in [0.15, 0.2) is 19.9 Å². The first-order valence-electron chi connectivity index (χ1n) is 17.2. The Morgan fingerprint density at radius 2 is 1.75 bits per heavy atom. The SMILES string of the molecule is CCCC(O)(N[S+]([O-])C(C)(C)C)c1cccc(-c2cc(C3CCNCC3)c3cnn(-c4cccc(CO[Si](C)(C)C(C)(C)C)n4)c3c2)n1. The Morgan fingerprint density at radius 3 is 2.42 bits per heavy atom. The van der Waals surface area contributed by atoms with Crippen LogP contribution >= 0.6 is 0 Å². The number of nitrogens with one attached hydrogen (secondary N) is 2. The van der Waals surface area contributed by atoms with Crippen LogP contribution in [0.1, 0.15) is 97.0 Å². The average molecular weight is 691 g/mol. The highest BCUT2D eigenvalue weighted by atomic mass is 32.2. The lowest BCUT2D eigenvalue weighted by atomic mass is 9.86. The maximum absolute atomic E-state index is 13.1. The van der Waals surface area contributed by atoms with Crippen molar-refractivity contribution in [3.8, 4) is 17.1 Å². The van der Waals surface area contributed by atoms with Crippen molar-refractivity contribution in [3.05, 3.63) is 71.7 Å². The monoisotopic (exact) mass is 690 g/mol. The molecule has 0 spiro atoms. The summed E-state index contributed by atoms with van der Waals surface area (Å²) >= 11 is -1.49. The molecule has 1 saturated heterocycles. The van der Waals surface area contributed by atoms with Crippen molar-refractivity contribution in [1.82, 2.24) is 29.8 Å². The summed E-state index contributed by atoms with van der Waals surface area (Å²) in [5.74, 6) is 1.11. The summed E-state index contributed by atoms with van der Waals surface area (Å²) in [6, 6.07) is 16.1. The second-order valence-corrected chi connectivity index (χ2v) is 22.4. The lowest BCUT2D eigenvalue weighted by Crippen LogP contribution is -2.51. The molecule has 0 amide bonds. The molecule has 0 saturated carbocycles. The standard InChI is InChI=1S/C37H54N6O3SSi/c1-10-19-37(44,42-47(45)35(2,3)4)33-15-12-14-31(41-33)27-22-29(26-17-20-38-21-18-26)30-24-39-43(32(30)23-27)34-16-11-13-28(40-34)25-46-48(8,9)36(5,6)7/h11-16,22-24,26,38,42,44H,10,17-21,25H2,1-9H3. The molecule has 0 aliphatic carbocycles. The van der Waals surface area contributed by atoms with E-state index in [0.717, 1.165) is 59.6 Å². The van der Waals surface area contributed by atoms with Crippen LogP contribution in [-0.2, 0) is 28.1 Å². The second-order valence-electron chi connectivity index (χ2n) is 15.6. The number of aliphatic hydroxyl groups is 1. The Kier molecular flexibility index (Phi) is 10.9. The predicted octanol–water partition coefficient (Wildman–Crippen LogP) is 7.47. The molecular weight excluding hydrogens is 637 g/mol. The zero-order chi connectivity index (χ0) is 34.9. The molecule has 11 heteroatoms. The summed E-state index contributed by atoms with van der Waals surface area (Å²) in [6.07, 6.45) is 5.10. The van der Waals surface area contributed by atoms with Crippen LogP contribution in [0.3, 0.4) is 0 Å².